The molecule has 4 rings (SSSR count). The second-order valence-corrected chi connectivity index (χ2v) is 5.28. The number of H-pyrrole nitrogens is 1. The number of rotatable bonds is 1. The zero-order valence-corrected chi connectivity index (χ0v) is 11.1. The van der Waals surface area contributed by atoms with Gasteiger partial charge < -0.3 is 4.98 Å². The molecule has 0 amide bonds. The number of nitrogens with zero attached hydrogens (tertiary/aromatic N) is 2. The number of aromatic amines is 1. The Hall–Kier alpha value is -2.36. The van der Waals surface area contributed by atoms with Gasteiger partial charge >= 0.3 is 0 Å². The summed E-state index contributed by atoms with van der Waals surface area (Å²) >= 11 is 0. The summed E-state index contributed by atoms with van der Waals surface area (Å²) in [6.07, 6.45) is 4.37. The largest absolute Gasteiger partial charge is 0.307 e. The van der Waals surface area contributed by atoms with Gasteiger partial charge in [-0.15, -0.1) is 0 Å². The quantitative estimate of drug-likeness (QED) is 0.735. The van der Waals surface area contributed by atoms with Gasteiger partial charge in [0.2, 0.25) is 0 Å². The van der Waals surface area contributed by atoms with Gasteiger partial charge in [0.25, 0.3) is 5.56 Å². The molecule has 2 aromatic heterocycles. The van der Waals surface area contributed by atoms with E-state index in [2.05, 4.69) is 4.98 Å². The molecule has 1 aromatic carbocycles. The lowest BCUT2D eigenvalue weighted by Gasteiger charge is -2.08. The predicted octanol–water partition coefficient (Wildman–Crippen LogP) is 2.57. The van der Waals surface area contributed by atoms with E-state index in [9.17, 15) is 4.79 Å². The number of fused-ring (bicyclic) bond motifs is 3. The molecule has 0 saturated carbocycles. The number of benzene rings is 1. The fourth-order valence-electron chi connectivity index (χ4n) is 3.01. The minimum absolute atomic E-state index is 0.0652. The first-order valence-corrected chi connectivity index (χ1v) is 7.02. The second kappa shape index (κ2) is 4.34. The van der Waals surface area contributed by atoms with E-state index in [-0.39, 0.29) is 5.56 Å². The highest BCUT2D eigenvalue weighted by molar-refractivity contribution is 5.64. The van der Waals surface area contributed by atoms with Crippen molar-refractivity contribution in [1.82, 2.24) is 14.6 Å². The molecule has 1 N–H and O–H groups in total. The van der Waals surface area contributed by atoms with Gasteiger partial charge in [0, 0.05) is 17.2 Å². The molecule has 0 bridgehead atoms. The highest BCUT2D eigenvalue weighted by atomic mass is 16.1. The molecule has 100 valence electrons. The maximum atomic E-state index is 12.0. The molecule has 4 heteroatoms. The molecule has 2 heterocycles. The minimum Gasteiger partial charge on any atom is -0.307 e. The number of aromatic nitrogens is 3. The molecule has 0 aliphatic heterocycles. The zero-order valence-electron chi connectivity index (χ0n) is 11.1. The molecule has 0 saturated heterocycles. The molecule has 4 nitrogen and oxygen atoms in total. The summed E-state index contributed by atoms with van der Waals surface area (Å²) < 4.78 is 1.90. The zero-order chi connectivity index (χ0) is 13.5. The van der Waals surface area contributed by atoms with Gasteiger partial charge in [0.05, 0.1) is 11.4 Å². The maximum Gasteiger partial charge on any atom is 0.251 e. The van der Waals surface area contributed by atoms with Crippen molar-refractivity contribution in [3.63, 3.8) is 0 Å². The Morgan fingerprint density at radius 1 is 1.10 bits per heavy atom. The van der Waals surface area contributed by atoms with Gasteiger partial charge in [0.15, 0.2) is 0 Å². The average molecular weight is 265 g/mol. The average Bonchev–Trinajstić information content (AvgIpc) is 2.86. The summed E-state index contributed by atoms with van der Waals surface area (Å²) in [5.74, 6) is 0. The van der Waals surface area contributed by atoms with Crippen LogP contribution in [-0.4, -0.2) is 14.6 Å². The Labute approximate surface area is 116 Å². The van der Waals surface area contributed by atoms with Gasteiger partial charge in [0.1, 0.15) is 5.65 Å². The molecule has 0 unspecified atom stereocenters. The minimum atomic E-state index is -0.0652. The third-order valence-electron chi connectivity index (χ3n) is 3.96. The number of nitrogens with one attached hydrogen (secondary N) is 1. The van der Waals surface area contributed by atoms with Gasteiger partial charge in [-0.25, -0.2) is 4.52 Å². The number of hydrogen-bond acceptors (Lipinski definition) is 2. The van der Waals surface area contributed by atoms with E-state index < -0.39 is 0 Å². The van der Waals surface area contributed by atoms with Crippen LogP contribution in [-0.2, 0) is 12.8 Å². The van der Waals surface area contributed by atoms with Gasteiger partial charge in [-0.1, -0.05) is 30.3 Å². The first-order chi connectivity index (χ1) is 9.83. The van der Waals surface area contributed by atoms with Crippen LogP contribution in [0.5, 0.6) is 0 Å². The molecule has 0 spiro atoms. The van der Waals surface area contributed by atoms with Crippen molar-refractivity contribution in [3.05, 3.63) is 58.0 Å². The van der Waals surface area contributed by atoms with Crippen LogP contribution < -0.4 is 5.56 Å². The van der Waals surface area contributed by atoms with Crippen LogP contribution >= 0.6 is 0 Å². The second-order valence-electron chi connectivity index (χ2n) is 5.28. The SMILES string of the molecule is O=c1cc(-c2ccccc2)n2nc3c(c2[nH]1)CCCC3. The molecule has 0 atom stereocenters. The number of hydrogen-bond donors (Lipinski definition) is 1. The maximum absolute atomic E-state index is 12.0. The van der Waals surface area contributed by atoms with Crippen molar-refractivity contribution in [1.29, 1.82) is 0 Å². The lowest BCUT2D eigenvalue weighted by molar-refractivity contribution is 0.673. The molecule has 3 aromatic rings. The van der Waals surface area contributed by atoms with Crippen LogP contribution in [0.4, 0.5) is 0 Å². The van der Waals surface area contributed by atoms with Crippen LogP contribution in [0.2, 0.25) is 0 Å². The van der Waals surface area contributed by atoms with Crippen LogP contribution in [0.1, 0.15) is 24.1 Å². The molecule has 0 fully saturated rings. The van der Waals surface area contributed by atoms with Gasteiger partial charge in [-0.05, 0) is 25.7 Å². The van der Waals surface area contributed by atoms with E-state index in [0.29, 0.717) is 0 Å². The fourth-order valence-corrected chi connectivity index (χ4v) is 3.01. The molecule has 0 radical (unpaired) electrons. The van der Waals surface area contributed by atoms with E-state index in [1.54, 1.807) is 6.07 Å². The van der Waals surface area contributed by atoms with E-state index in [0.717, 1.165) is 35.4 Å². The smallest absolute Gasteiger partial charge is 0.251 e. The molecular weight excluding hydrogens is 250 g/mol. The Morgan fingerprint density at radius 2 is 1.90 bits per heavy atom. The first-order valence-electron chi connectivity index (χ1n) is 7.02. The first kappa shape index (κ1) is 11.5. The van der Waals surface area contributed by atoms with Gasteiger partial charge in [-0.2, -0.15) is 5.10 Å². The summed E-state index contributed by atoms with van der Waals surface area (Å²) in [5, 5.41) is 4.72. The Kier molecular flexibility index (Phi) is 2.49. The predicted molar refractivity (Wildman–Crippen MR) is 77.9 cm³/mol. The fraction of sp³-hybridized carbons (Fsp3) is 0.250. The van der Waals surface area contributed by atoms with Crippen molar-refractivity contribution >= 4 is 5.65 Å². The summed E-state index contributed by atoms with van der Waals surface area (Å²) in [6.45, 7) is 0. The van der Waals surface area contributed by atoms with E-state index in [1.165, 1.54) is 18.4 Å². The van der Waals surface area contributed by atoms with E-state index >= 15 is 0 Å². The van der Waals surface area contributed by atoms with Crippen molar-refractivity contribution in [2.45, 2.75) is 25.7 Å². The lowest BCUT2D eigenvalue weighted by Crippen LogP contribution is -2.10. The third kappa shape index (κ3) is 1.68. The summed E-state index contributed by atoms with van der Waals surface area (Å²) in [5.41, 5.74) is 5.03. The van der Waals surface area contributed by atoms with Gasteiger partial charge in [-0.3, -0.25) is 4.79 Å². The molecule has 1 aliphatic rings. The van der Waals surface area contributed by atoms with Crippen molar-refractivity contribution in [3.8, 4) is 11.3 Å². The molecular formula is C16H15N3O. The Balaban J connectivity index is 2.06. The number of aryl methyl sites for hydroxylation is 2. The van der Waals surface area contributed by atoms with Crippen LogP contribution in [0.15, 0.2) is 41.2 Å². The van der Waals surface area contributed by atoms with Crippen LogP contribution in [0, 0.1) is 0 Å². The standard InChI is InChI=1S/C16H15N3O/c20-15-10-14(11-6-2-1-3-7-11)19-16(17-15)12-8-4-5-9-13(12)18-19/h1-3,6-7,10H,4-5,8-9H2,(H,17,20). The van der Waals surface area contributed by atoms with Crippen LogP contribution in [0.25, 0.3) is 16.9 Å². The topological polar surface area (TPSA) is 50.2 Å². The molecule has 20 heavy (non-hydrogen) atoms. The normalized spacial score (nSPS) is 14.4. The summed E-state index contributed by atoms with van der Waals surface area (Å²) in [6, 6.07) is 11.6. The van der Waals surface area contributed by atoms with Crippen LogP contribution in [0.3, 0.4) is 0 Å². The van der Waals surface area contributed by atoms with E-state index in [1.807, 2.05) is 34.8 Å². The van der Waals surface area contributed by atoms with Crippen molar-refractivity contribution in [2.75, 3.05) is 0 Å². The molecule has 1 aliphatic carbocycles. The highest BCUT2D eigenvalue weighted by Gasteiger charge is 2.19. The summed E-state index contributed by atoms with van der Waals surface area (Å²) in [4.78, 5) is 14.9. The Morgan fingerprint density at radius 3 is 2.75 bits per heavy atom. The highest BCUT2D eigenvalue weighted by Crippen LogP contribution is 2.26. The van der Waals surface area contributed by atoms with Crippen molar-refractivity contribution in [2.24, 2.45) is 0 Å². The van der Waals surface area contributed by atoms with Crippen molar-refractivity contribution < 1.29 is 0 Å². The monoisotopic (exact) mass is 265 g/mol. The summed E-state index contributed by atoms with van der Waals surface area (Å²) in [7, 11) is 0. The lowest BCUT2D eigenvalue weighted by atomic mass is 9.98. The van der Waals surface area contributed by atoms with E-state index in [4.69, 9.17) is 5.10 Å². The third-order valence-corrected chi connectivity index (χ3v) is 3.96. The Bertz CT molecular complexity index is 830.